The van der Waals surface area contributed by atoms with Crippen LogP contribution in [0.5, 0.6) is 0 Å². The molecule has 0 aliphatic carbocycles. The molecule has 0 aliphatic heterocycles. The Hall–Kier alpha value is -0.930. The maximum atomic E-state index is 9.52. The molecule has 1 aromatic rings. The number of aliphatic hydroxyl groups excluding tert-OH is 1. The van der Waals surface area contributed by atoms with Gasteiger partial charge in [-0.1, -0.05) is 26.8 Å². The maximum absolute atomic E-state index is 9.52. The summed E-state index contributed by atoms with van der Waals surface area (Å²) in [7, 11) is 0. The number of hydrogen-bond acceptors (Lipinski definition) is 3. The molecule has 0 atom stereocenters. The van der Waals surface area contributed by atoms with Gasteiger partial charge in [-0.15, -0.1) is 0 Å². The first kappa shape index (κ1) is 15.1. The molecule has 0 radical (unpaired) electrons. The normalized spacial score (nSPS) is 11.8. The van der Waals surface area contributed by atoms with Gasteiger partial charge in [0.2, 0.25) is 0 Å². The van der Waals surface area contributed by atoms with Crippen molar-refractivity contribution < 1.29 is 5.11 Å². The van der Waals surface area contributed by atoms with Crippen LogP contribution in [0.4, 0.5) is 0 Å². The molecule has 0 bridgehead atoms. The van der Waals surface area contributed by atoms with Gasteiger partial charge in [0.1, 0.15) is 0 Å². The Morgan fingerprint density at radius 2 is 2.00 bits per heavy atom. The van der Waals surface area contributed by atoms with E-state index in [2.05, 4.69) is 37.1 Å². The average molecular weight is 250 g/mol. The lowest BCUT2D eigenvalue weighted by atomic mass is 9.83. The second kappa shape index (κ2) is 7.49. The zero-order valence-electron chi connectivity index (χ0n) is 11.9. The molecule has 1 rings (SSSR count). The van der Waals surface area contributed by atoms with Gasteiger partial charge in [-0.25, -0.2) is 0 Å². The van der Waals surface area contributed by atoms with Crippen LogP contribution in [0.25, 0.3) is 0 Å². The van der Waals surface area contributed by atoms with Crippen LogP contribution in [0.3, 0.4) is 0 Å². The molecule has 0 aromatic carbocycles. The summed E-state index contributed by atoms with van der Waals surface area (Å²) in [6.45, 7) is 8.30. The quantitative estimate of drug-likeness (QED) is 0.745. The molecule has 0 aliphatic rings. The summed E-state index contributed by atoms with van der Waals surface area (Å²) >= 11 is 0. The van der Waals surface area contributed by atoms with E-state index in [1.807, 2.05) is 12.3 Å². The standard InChI is InChI=1S/C15H26N2O/c1-4-13-8-7-9-17-14(13)10-16-11-15(5-2,6-3)12-18/h7-9,16,18H,4-6,10-12H2,1-3H3. The highest BCUT2D eigenvalue weighted by Gasteiger charge is 2.24. The third-order valence-electron chi connectivity index (χ3n) is 3.99. The van der Waals surface area contributed by atoms with E-state index >= 15 is 0 Å². The summed E-state index contributed by atoms with van der Waals surface area (Å²) in [4.78, 5) is 4.42. The largest absolute Gasteiger partial charge is 0.396 e. The summed E-state index contributed by atoms with van der Waals surface area (Å²) in [5, 5.41) is 13.0. The fourth-order valence-electron chi connectivity index (χ4n) is 2.18. The van der Waals surface area contributed by atoms with Crippen LogP contribution >= 0.6 is 0 Å². The lowest BCUT2D eigenvalue weighted by molar-refractivity contribution is 0.113. The third kappa shape index (κ3) is 3.79. The minimum atomic E-state index is 0.0150. The van der Waals surface area contributed by atoms with Crippen molar-refractivity contribution in [3.8, 4) is 0 Å². The van der Waals surface area contributed by atoms with E-state index in [1.54, 1.807) is 0 Å². The highest BCUT2D eigenvalue weighted by molar-refractivity contribution is 5.19. The van der Waals surface area contributed by atoms with Crippen LogP contribution in [0.1, 0.15) is 44.9 Å². The van der Waals surface area contributed by atoms with Gasteiger partial charge in [-0.05, 0) is 30.9 Å². The minimum Gasteiger partial charge on any atom is -0.396 e. The first-order chi connectivity index (χ1) is 8.71. The van der Waals surface area contributed by atoms with E-state index in [9.17, 15) is 5.11 Å². The third-order valence-corrected chi connectivity index (χ3v) is 3.99. The van der Waals surface area contributed by atoms with Crippen molar-refractivity contribution in [1.82, 2.24) is 10.3 Å². The molecular formula is C15H26N2O. The molecule has 0 amide bonds. The van der Waals surface area contributed by atoms with Crippen LogP contribution in [0, 0.1) is 5.41 Å². The molecule has 3 heteroatoms. The van der Waals surface area contributed by atoms with Crippen LogP contribution in [-0.4, -0.2) is 23.2 Å². The molecule has 1 aromatic heterocycles. The van der Waals surface area contributed by atoms with Gasteiger partial charge in [0.05, 0.1) is 5.69 Å². The van der Waals surface area contributed by atoms with E-state index in [1.165, 1.54) is 5.56 Å². The first-order valence-corrected chi connectivity index (χ1v) is 6.95. The van der Waals surface area contributed by atoms with Gasteiger partial charge >= 0.3 is 0 Å². The Bertz CT molecular complexity index is 340. The number of aryl methyl sites for hydroxylation is 1. The average Bonchev–Trinajstić information content (AvgIpc) is 2.44. The number of rotatable bonds is 8. The zero-order valence-corrected chi connectivity index (χ0v) is 11.9. The van der Waals surface area contributed by atoms with Crippen molar-refractivity contribution in [2.45, 2.75) is 46.6 Å². The first-order valence-electron chi connectivity index (χ1n) is 6.95. The maximum Gasteiger partial charge on any atom is 0.0573 e. The molecule has 0 spiro atoms. The van der Waals surface area contributed by atoms with E-state index in [4.69, 9.17) is 0 Å². The SMILES string of the molecule is CCc1cccnc1CNCC(CC)(CC)CO. The zero-order chi connectivity index (χ0) is 13.4. The van der Waals surface area contributed by atoms with E-state index < -0.39 is 0 Å². The molecule has 3 nitrogen and oxygen atoms in total. The fourth-order valence-corrected chi connectivity index (χ4v) is 2.18. The second-order valence-corrected chi connectivity index (χ2v) is 4.93. The van der Waals surface area contributed by atoms with Crippen LogP contribution in [0.15, 0.2) is 18.3 Å². The minimum absolute atomic E-state index is 0.0150. The van der Waals surface area contributed by atoms with Gasteiger partial charge in [0.15, 0.2) is 0 Å². The van der Waals surface area contributed by atoms with Gasteiger partial charge in [0, 0.05) is 31.3 Å². The van der Waals surface area contributed by atoms with Gasteiger partial charge in [0.25, 0.3) is 0 Å². The van der Waals surface area contributed by atoms with Crippen molar-refractivity contribution in [3.05, 3.63) is 29.6 Å². The predicted octanol–water partition coefficient (Wildman–Crippen LogP) is 2.53. The number of nitrogens with one attached hydrogen (secondary N) is 1. The van der Waals surface area contributed by atoms with E-state index in [0.29, 0.717) is 0 Å². The van der Waals surface area contributed by atoms with E-state index in [-0.39, 0.29) is 12.0 Å². The Kier molecular flexibility index (Phi) is 6.30. The molecule has 0 saturated carbocycles. The molecule has 0 unspecified atom stereocenters. The van der Waals surface area contributed by atoms with Crippen molar-refractivity contribution in [3.63, 3.8) is 0 Å². The fraction of sp³-hybridized carbons (Fsp3) is 0.667. The monoisotopic (exact) mass is 250 g/mol. The summed E-state index contributed by atoms with van der Waals surface area (Å²) in [6, 6.07) is 4.11. The van der Waals surface area contributed by atoms with Crippen LogP contribution in [-0.2, 0) is 13.0 Å². The topological polar surface area (TPSA) is 45.2 Å². The number of nitrogens with zero attached hydrogens (tertiary/aromatic N) is 1. The Morgan fingerprint density at radius 1 is 1.28 bits per heavy atom. The van der Waals surface area contributed by atoms with Gasteiger partial charge < -0.3 is 10.4 Å². The molecule has 0 saturated heterocycles. The Balaban J connectivity index is 2.55. The van der Waals surface area contributed by atoms with Crippen molar-refractivity contribution in [2.75, 3.05) is 13.2 Å². The highest BCUT2D eigenvalue weighted by Crippen LogP contribution is 2.24. The van der Waals surface area contributed by atoms with Crippen molar-refractivity contribution in [2.24, 2.45) is 5.41 Å². The smallest absolute Gasteiger partial charge is 0.0573 e. The van der Waals surface area contributed by atoms with Crippen molar-refractivity contribution >= 4 is 0 Å². The second-order valence-electron chi connectivity index (χ2n) is 4.93. The van der Waals surface area contributed by atoms with Crippen molar-refractivity contribution in [1.29, 1.82) is 0 Å². The molecule has 1 heterocycles. The van der Waals surface area contributed by atoms with Gasteiger partial charge in [-0.3, -0.25) is 4.98 Å². The number of pyridine rings is 1. The molecule has 2 N–H and O–H groups in total. The molecule has 102 valence electrons. The number of aromatic nitrogens is 1. The predicted molar refractivity (Wildman–Crippen MR) is 75.4 cm³/mol. The summed E-state index contributed by atoms with van der Waals surface area (Å²) in [6.07, 6.45) is 4.85. The Morgan fingerprint density at radius 3 is 2.56 bits per heavy atom. The van der Waals surface area contributed by atoms with E-state index in [0.717, 1.165) is 38.0 Å². The highest BCUT2D eigenvalue weighted by atomic mass is 16.3. The number of hydrogen-bond donors (Lipinski definition) is 2. The summed E-state index contributed by atoms with van der Waals surface area (Å²) < 4.78 is 0. The van der Waals surface area contributed by atoms with Crippen LogP contribution in [0.2, 0.25) is 0 Å². The lowest BCUT2D eigenvalue weighted by Gasteiger charge is -2.29. The molecule has 0 fully saturated rings. The summed E-state index contributed by atoms with van der Waals surface area (Å²) in [5.74, 6) is 0. The Labute approximate surface area is 111 Å². The molecular weight excluding hydrogens is 224 g/mol. The number of aliphatic hydroxyl groups is 1. The summed E-state index contributed by atoms with van der Waals surface area (Å²) in [5.41, 5.74) is 2.44. The van der Waals surface area contributed by atoms with Gasteiger partial charge in [-0.2, -0.15) is 0 Å². The van der Waals surface area contributed by atoms with Crippen LogP contribution < -0.4 is 5.32 Å². The lowest BCUT2D eigenvalue weighted by Crippen LogP contribution is -2.36. The molecule has 18 heavy (non-hydrogen) atoms.